The van der Waals surface area contributed by atoms with Crippen molar-refractivity contribution in [2.24, 2.45) is 0 Å². The molecule has 2 nitrogen and oxygen atoms in total. The van der Waals surface area contributed by atoms with Gasteiger partial charge in [0.1, 0.15) is 0 Å². The average Bonchev–Trinajstić information content (AvgIpc) is 2.27. The van der Waals surface area contributed by atoms with Gasteiger partial charge in [0.25, 0.3) is 0 Å². The van der Waals surface area contributed by atoms with E-state index in [1.165, 1.54) is 24.8 Å². The molecule has 0 fully saturated rings. The second kappa shape index (κ2) is 6.57. The van der Waals surface area contributed by atoms with Crippen molar-refractivity contribution in [2.75, 3.05) is 0 Å². The summed E-state index contributed by atoms with van der Waals surface area (Å²) in [6.07, 6.45) is 7.53. The first-order valence-corrected chi connectivity index (χ1v) is 5.90. The summed E-state index contributed by atoms with van der Waals surface area (Å²) in [5.41, 5.74) is 1.31. The predicted molar refractivity (Wildman–Crippen MR) is 64.8 cm³/mol. The van der Waals surface area contributed by atoms with E-state index in [1.54, 1.807) is 0 Å². The van der Waals surface area contributed by atoms with Crippen molar-refractivity contribution < 1.29 is 0 Å². The lowest BCUT2D eigenvalue weighted by atomic mass is 10.1. The van der Waals surface area contributed by atoms with Gasteiger partial charge < -0.3 is 5.32 Å². The highest BCUT2D eigenvalue weighted by Crippen LogP contribution is 2.12. The first-order valence-electron chi connectivity index (χ1n) is 5.90. The van der Waals surface area contributed by atoms with Gasteiger partial charge in [-0.05, 0) is 38.0 Å². The van der Waals surface area contributed by atoms with Crippen molar-refractivity contribution in [1.82, 2.24) is 10.3 Å². The number of hydrogen-bond acceptors (Lipinski definition) is 2. The molecule has 1 aromatic rings. The Morgan fingerprint density at radius 2 is 1.93 bits per heavy atom. The van der Waals surface area contributed by atoms with Crippen molar-refractivity contribution in [2.45, 2.75) is 52.1 Å². The quantitative estimate of drug-likeness (QED) is 0.772. The van der Waals surface area contributed by atoms with Gasteiger partial charge in [-0.25, -0.2) is 0 Å². The Kier molecular flexibility index (Phi) is 5.33. The molecule has 0 aliphatic carbocycles. The second-order valence-electron chi connectivity index (χ2n) is 4.21. The number of hydrogen-bond donors (Lipinski definition) is 1. The molecule has 1 heterocycles. The van der Waals surface area contributed by atoms with E-state index in [-0.39, 0.29) is 0 Å². The summed E-state index contributed by atoms with van der Waals surface area (Å²) < 4.78 is 0. The minimum absolute atomic E-state index is 0.417. The average molecular weight is 206 g/mol. The van der Waals surface area contributed by atoms with Crippen molar-refractivity contribution in [3.63, 3.8) is 0 Å². The molecule has 2 heteroatoms. The molecular weight excluding hydrogens is 184 g/mol. The van der Waals surface area contributed by atoms with Crippen molar-refractivity contribution in [3.8, 4) is 0 Å². The Morgan fingerprint density at radius 1 is 1.27 bits per heavy atom. The van der Waals surface area contributed by atoms with Crippen molar-refractivity contribution >= 4 is 0 Å². The Labute approximate surface area is 93.1 Å². The van der Waals surface area contributed by atoms with Crippen LogP contribution in [0.1, 0.15) is 51.6 Å². The third kappa shape index (κ3) is 4.43. The molecule has 0 amide bonds. The highest BCUT2D eigenvalue weighted by Gasteiger charge is 2.08. The fourth-order valence-electron chi connectivity index (χ4n) is 1.77. The molecule has 1 aromatic heterocycles. The number of nitrogens with zero attached hydrogens (tertiary/aromatic N) is 1. The molecule has 0 aliphatic heterocycles. The summed E-state index contributed by atoms with van der Waals surface area (Å²) in [5.74, 6) is 0. The summed E-state index contributed by atoms with van der Waals surface area (Å²) in [6.45, 7) is 6.70. The molecule has 2 unspecified atom stereocenters. The zero-order chi connectivity index (χ0) is 11.1. The SMILES string of the molecule is CCCCC(C)NC(C)c1ccncc1. The van der Waals surface area contributed by atoms with Gasteiger partial charge in [-0.3, -0.25) is 4.98 Å². The zero-order valence-electron chi connectivity index (χ0n) is 10.0. The smallest absolute Gasteiger partial charge is 0.0295 e. The largest absolute Gasteiger partial charge is 0.308 e. The van der Waals surface area contributed by atoms with Gasteiger partial charge in [0.2, 0.25) is 0 Å². The molecule has 15 heavy (non-hydrogen) atoms. The zero-order valence-corrected chi connectivity index (χ0v) is 10.0. The molecule has 0 saturated carbocycles. The molecule has 0 bridgehead atoms. The number of nitrogens with one attached hydrogen (secondary N) is 1. The molecule has 0 spiro atoms. The highest BCUT2D eigenvalue weighted by molar-refractivity contribution is 5.14. The third-order valence-electron chi connectivity index (χ3n) is 2.73. The first-order chi connectivity index (χ1) is 7.24. The van der Waals surface area contributed by atoms with Gasteiger partial charge in [-0.15, -0.1) is 0 Å². The molecule has 1 N–H and O–H groups in total. The number of aromatic nitrogens is 1. The Morgan fingerprint density at radius 3 is 2.53 bits per heavy atom. The maximum absolute atomic E-state index is 4.03. The predicted octanol–water partition coefficient (Wildman–Crippen LogP) is 3.31. The van der Waals surface area contributed by atoms with Crippen LogP contribution >= 0.6 is 0 Å². The molecule has 0 aliphatic rings. The minimum atomic E-state index is 0.417. The summed E-state index contributed by atoms with van der Waals surface area (Å²) in [5, 5.41) is 3.60. The van der Waals surface area contributed by atoms with Crippen LogP contribution in [0.3, 0.4) is 0 Å². The standard InChI is InChI=1S/C13H22N2/c1-4-5-6-11(2)15-12(3)13-7-9-14-10-8-13/h7-12,15H,4-6H2,1-3H3. The van der Waals surface area contributed by atoms with Crippen LogP contribution in [0.25, 0.3) is 0 Å². The van der Waals surface area contributed by atoms with E-state index in [4.69, 9.17) is 0 Å². The molecule has 0 saturated heterocycles. The number of rotatable bonds is 6. The maximum atomic E-state index is 4.03. The fraction of sp³-hybridized carbons (Fsp3) is 0.615. The van der Waals surface area contributed by atoms with Crippen LogP contribution < -0.4 is 5.32 Å². The van der Waals surface area contributed by atoms with Crippen LogP contribution in [0.15, 0.2) is 24.5 Å². The molecule has 84 valence electrons. The van der Waals surface area contributed by atoms with Crippen LogP contribution in [0.2, 0.25) is 0 Å². The van der Waals surface area contributed by atoms with Gasteiger partial charge >= 0.3 is 0 Å². The summed E-state index contributed by atoms with van der Waals surface area (Å²) >= 11 is 0. The van der Waals surface area contributed by atoms with E-state index < -0.39 is 0 Å². The Bertz CT molecular complexity index is 258. The molecular formula is C13H22N2. The lowest BCUT2D eigenvalue weighted by Crippen LogP contribution is -2.28. The normalized spacial score (nSPS) is 14.9. The van der Waals surface area contributed by atoms with E-state index in [2.05, 4.69) is 43.2 Å². The highest BCUT2D eigenvalue weighted by atomic mass is 14.9. The van der Waals surface area contributed by atoms with Crippen LogP contribution in [0.4, 0.5) is 0 Å². The lowest BCUT2D eigenvalue weighted by molar-refractivity contribution is 0.444. The lowest BCUT2D eigenvalue weighted by Gasteiger charge is -2.20. The van der Waals surface area contributed by atoms with Crippen LogP contribution in [0, 0.1) is 0 Å². The van der Waals surface area contributed by atoms with Crippen molar-refractivity contribution in [1.29, 1.82) is 0 Å². The van der Waals surface area contributed by atoms with E-state index in [1.807, 2.05) is 12.4 Å². The van der Waals surface area contributed by atoms with Crippen LogP contribution in [-0.4, -0.2) is 11.0 Å². The van der Waals surface area contributed by atoms with Gasteiger partial charge in [0.05, 0.1) is 0 Å². The Hall–Kier alpha value is -0.890. The maximum Gasteiger partial charge on any atom is 0.0295 e. The molecule has 2 atom stereocenters. The first kappa shape index (κ1) is 12.2. The van der Waals surface area contributed by atoms with E-state index in [0.29, 0.717) is 12.1 Å². The van der Waals surface area contributed by atoms with Gasteiger partial charge in [0.15, 0.2) is 0 Å². The van der Waals surface area contributed by atoms with Crippen LogP contribution in [0.5, 0.6) is 0 Å². The van der Waals surface area contributed by atoms with Gasteiger partial charge in [0, 0.05) is 24.5 Å². The third-order valence-corrected chi connectivity index (χ3v) is 2.73. The van der Waals surface area contributed by atoms with E-state index in [0.717, 1.165) is 0 Å². The number of unbranched alkanes of at least 4 members (excludes halogenated alkanes) is 1. The van der Waals surface area contributed by atoms with Gasteiger partial charge in [-0.2, -0.15) is 0 Å². The summed E-state index contributed by atoms with van der Waals surface area (Å²) in [7, 11) is 0. The van der Waals surface area contributed by atoms with Crippen molar-refractivity contribution in [3.05, 3.63) is 30.1 Å². The minimum Gasteiger partial charge on any atom is -0.308 e. The molecule has 0 radical (unpaired) electrons. The monoisotopic (exact) mass is 206 g/mol. The van der Waals surface area contributed by atoms with E-state index in [9.17, 15) is 0 Å². The molecule has 0 aromatic carbocycles. The fourth-order valence-corrected chi connectivity index (χ4v) is 1.77. The second-order valence-corrected chi connectivity index (χ2v) is 4.21. The Balaban J connectivity index is 2.38. The summed E-state index contributed by atoms with van der Waals surface area (Å²) in [4.78, 5) is 4.03. The molecule has 1 rings (SSSR count). The van der Waals surface area contributed by atoms with E-state index >= 15 is 0 Å². The topological polar surface area (TPSA) is 24.9 Å². The summed E-state index contributed by atoms with van der Waals surface area (Å²) in [6, 6.07) is 5.15. The van der Waals surface area contributed by atoms with Gasteiger partial charge in [-0.1, -0.05) is 19.8 Å². The number of pyridine rings is 1. The van der Waals surface area contributed by atoms with Crippen LogP contribution in [-0.2, 0) is 0 Å².